The normalized spacial score (nSPS) is 28.2. The molecule has 1 aliphatic carbocycles. The van der Waals surface area contributed by atoms with Crippen molar-refractivity contribution >= 4 is 11.9 Å². The Hall–Kier alpha value is -3.40. The second-order valence-corrected chi connectivity index (χ2v) is 10.6. The number of nitrogens with two attached hydrogens (primary N) is 1. The number of carbonyl (C=O) groups excluding carboxylic acids is 2. The molecule has 5 atom stereocenters. The molecule has 0 bridgehead atoms. The maximum absolute atomic E-state index is 13.6. The van der Waals surface area contributed by atoms with E-state index in [4.69, 9.17) is 24.7 Å². The zero-order valence-electron chi connectivity index (χ0n) is 22.8. The molecule has 39 heavy (non-hydrogen) atoms. The first-order chi connectivity index (χ1) is 18.7. The molecule has 9 nitrogen and oxygen atoms in total. The van der Waals surface area contributed by atoms with Gasteiger partial charge < -0.3 is 34.7 Å². The number of rotatable bonds is 7. The van der Waals surface area contributed by atoms with Crippen molar-refractivity contribution in [2.45, 2.75) is 62.4 Å². The van der Waals surface area contributed by atoms with Gasteiger partial charge in [-0.3, -0.25) is 4.79 Å². The largest absolute Gasteiger partial charge is 0.493 e. The summed E-state index contributed by atoms with van der Waals surface area (Å²) in [6.07, 6.45) is 0.477. The number of fused-ring (bicyclic) bond motifs is 1. The summed E-state index contributed by atoms with van der Waals surface area (Å²) >= 11 is 0. The Morgan fingerprint density at radius 2 is 1.97 bits per heavy atom. The van der Waals surface area contributed by atoms with E-state index in [1.165, 1.54) is 0 Å². The molecule has 0 aromatic heterocycles. The molecule has 208 valence electrons. The van der Waals surface area contributed by atoms with E-state index in [-0.39, 0.29) is 31.2 Å². The maximum atomic E-state index is 13.6. The van der Waals surface area contributed by atoms with Crippen LogP contribution in [0.5, 0.6) is 11.5 Å². The highest BCUT2D eigenvalue weighted by molar-refractivity contribution is 5.82. The molecule has 0 unspecified atom stereocenters. The Kier molecular flexibility index (Phi) is 7.17. The van der Waals surface area contributed by atoms with Gasteiger partial charge in [-0.25, -0.2) is 4.79 Å². The Balaban J connectivity index is 1.56. The van der Waals surface area contributed by atoms with Gasteiger partial charge in [-0.1, -0.05) is 36.4 Å². The molecule has 2 aromatic carbocycles. The molecule has 2 heterocycles. The molecular weight excluding hydrogens is 500 g/mol. The summed E-state index contributed by atoms with van der Waals surface area (Å²) in [7, 11) is 3.58. The number of ether oxygens (including phenoxy) is 4. The minimum atomic E-state index is -1.28. The van der Waals surface area contributed by atoms with Crippen LogP contribution in [0, 0.1) is 6.92 Å². The lowest BCUT2D eigenvalue weighted by Crippen LogP contribution is -2.71. The van der Waals surface area contributed by atoms with Crippen molar-refractivity contribution in [1.29, 1.82) is 0 Å². The third-order valence-electron chi connectivity index (χ3n) is 8.67. The van der Waals surface area contributed by atoms with Gasteiger partial charge >= 0.3 is 11.9 Å². The number of benzene rings is 2. The summed E-state index contributed by atoms with van der Waals surface area (Å²) in [4.78, 5) is 28.1. The van der Waals surface area contributed by atoms with Crippen molar-refractivity contribution < 1.29 is 33.6 Å². The number of esters is 2. The number of hydrogen-bond acceptors (Lipinski definition) is 9. The van der Waals surface area contributed by atoms with Gasteiger partial charge in [0.2, 0.25) is 6.10 Å². The average molecular weight is 537 g/mol. The van der Waals surface area contributed by atoms with Crippen molar-refractivity contribution in [3.05, 3.63) is 71.0 Å². The second kappa shape index (κ2) is 10.3. The fourth-order valence-corrected chi connectivity index (χ4v) is 6.51. The van der Waals surface area contributed by atoms with E-state index < -0.39 is 35.2 Å². The molecule has 0 radical (unpaired) electrons. The summed E-state index contributed by atoms with van der Waals surface area (Å²) in [5, 5.41) is 12.4. The average Bonchev–Trinajstić information content (AvgIpc) is 3.29. The van der Waals surface area contributed by atoms with Crippen LogP contribution < -0.4 is 15.2 Å². The molecule has 9 heteroatoms. The van der Waals surface area contributed by atoms with Crippen LogP contribution in [-0.4, -0.2) is 66.9 Å². The van der Waals surface area contributed by atoms with Gasteiger partial charge in [0, 0.05) is 30.1 Å². The van der Waals surface area contributed by atoms with Crippen molar-refractivity contribution in [1.82, 2.24) is 4.90 Å². The first kappa shape index (κ1) is 27.2. The second-order valence-electron chi connectivity index (χ2n) is 10.6. The highest BCUT2D eigenvalue weighted by Gasteiger charge is 2.69. The Labute approximate surface area is 228 Å². The molecule has 2 aliphatic heterocycles. The van der Waals surface area contributed by atoms with E-state index in [1.54, 1.807) is 37.5 Å². The maximum Gasteiger partial charge on any atom is 0.357 e. The van der Waals surface area contributed by atoms with E-state index in [0.29, 0.717) is 30.0 Å². The summed E-state index contributed by atoms with van der Waals surface area (Å²) in [6.45, 7) is 4.82. The number of likely N-dealkylation sites (N-methyl/N-ethyl adjacent to an activating group) is 1. The first-order valence-electron chi connectivity index (χ1n) is 13.3. The molecule has 1 saturated heterocycles. The number of piperidine rings is 1. The van der Waals surface area contributed by atoms with Crippen molar-refractivity contribution in [2.24, 2.45) is 5.73 Å². The number of likely N-dealkylation sites (tertiary alicyclic amines) is 1. The molecule has 0 amide bonds. The Morgan fingerprint density at radius 3 is 2.67 bits per heavy atom. The SMILES string of the molecule is COc1ccc(C)c2c1O[C@H]1C(OC(=O)[C@H](OC(=O)CCN)c3ccccc3)=CC[C@@]3(O)[C@@H](C)N(C)CC[C@]213. The quantitative estimate of drug-likeness (QED) is 0.515. The topological polar surface area (TPSA) is 121 Å². The van der Waals surface area contributed by atoms with Crippen LogP contribution in [0.2, 0.25) is 0 Å². The van der Waals surface area contributed by atoms with Crippen molar-refractivity contribution in [3.8, 4) is 11.5 Å². The number of hydrogen-bond donors (Lipinski definition) is 2. The van der Waals surface area contributed by atoms with Crippen LogP contribution >= 0.6 is 0 Å². The lowest BCUT2D eigenvalue weighted by atomic mass is 9.54. The molecule has 1 spiro atoms. The van der Waals surface area contributed by atoms with Crippen molar-refractivity contribution in [3.63, 3.8) is 0 Å². The molecule has 2 aromatic rings. The lowest BCUT2D eigenvalue weighted by Gasteiger charge is -2.58. The van der Waals surface area contributed by atoms with Gasteiger partial charge in [0.1, 0.15) is 5.76 Å². The van der Waals surface area contributed by atoms with Gasteiger partial charge in [0.15, 0.2) is 17.6 Å². The lowest BCUT2D eigenvalue weighted by molar-refractivity contribution is -0.173. The van der Waals surface area contributed by atoms with Gasteiger partial charge in [0.25, 0.3) is 0 Å². The summed E-state index contributed by atoms with van der Waals surface area (Å²) in [5.74, 6) is 0.0469. The molecule has 3 aliphatic rings. The summed E-state index contributed by atoms with van der Waals surface area (Å²) in [6, 6.07) is 12.3. The van der Waals surface area contributed by atoms with E-state index in [9.17, 15) is 14.7 Å². The zero-order chi connectivity index (χ0) is 27.9. The zero-order valence-corrected chi connectivity index (χ0v) is 22.8. The number of methoxy groups -OCH3 is 1. The highest BCUT2D eigenvalue weighted by Crippen LogP contribution is 2.62. The van der Waals surface area contributed by atoms with Crippen LogP contribution in [0.4, 0.5) is 0 Å². The Bertz CT molecular complexity index is 1300. The van der Waals surface area contributed by atoms with Gasteiger partial charge in [-0.2, -0.15) is 0 Å². The molecule has 3 N–H and O–H groups in total. The first-order valence-corrected chi connectivity index (χ1v) is 13.3. The van der Waals surface area contributed by atoms with E-state index >= 15 is 0 Å². The minimum absolute atomic E-state index is 0.0268. The third-order valence-corrected chi connectivity index (χ3v) is 8.67. The van der Waals surface area contributed by atoms with Crippen LogP contribution in [0.15, 0.2) is 54.3 Å². The Morgan fingerprint density at radius 1 is 1.23 bits per heavy atom. The molecule has 5 rings (SSSR count). The summed E-state index contributed by atoms with van der Waals surface area (Å²) in [5.41, 5.74) is 5.77. The molecule has 1 fully saturated rings. The predicted octanol–water partition coefficient (Wildman–Crippen LogP) is 2.92. The predicted molar refractivity (Wildman–Crippen MR) is 143 cm³/mol. The highest BCUT2D eigenvalue weighted by atomic mass is 16.6. The van der Waals surface area contributed by atoms with Gasteiger partial charge in [-0.05, 0) is 51.6 Å². The summed E-state index contributed by atoms with van der Waals surface area (Å²) < 4.78 is 23.8. The molecule has 0 saturated carbocycles. The van der Waals surface area contributed by atoms with Crippen LogP contribution in [0.3, 0.4) is 0 Å². The fourth-order valence-electron chi connectivity index (χ4n) is 6.51. The third kappa shape index (κ3) is 4.20. The van der Waals surface area contributed by atoms with E-state index in [2.05, 4.69) is 4.90 Å². The van der Waals surface area contributed by atoms with Gasteiger partial charge in [-0.15, -0.1) is 0 Å². The number of nitrogens with zero attached hydrogens (tertiary/aromatic N) is 1. The van der Waals surface area contributed by atoms with E-state index in [0.717, 1.165) is 11.1 Å². The monoisotopic (exact) mass is 536 g/mol. The smallest absolute Gasteiger partial charge is 0.357 e. The number of aryl methyl sites for hydroxylation is 1. The van der Waals surface area contributed by atoms with Gasteiger partial charge in [0.05, 0.1) is 24.5 Å². The number of carbonyl (C=O) groups is 2. The van der Waals surface area contributed by atoms with Crippen LogP contribution in [-0.2, 0) is 24.5 Å². The fraction of sp³-hybridized carbons (Fsp3) is 0.467. The van der Waals surface area contributed by atoms with Crippen molar-refractivity contribution in [2.75, 3.05) is 27.2 Å². The van der Waals surface area contributed by atoms with Crippen LogP contribution in [0.1, 0.15) is 49.0 Å². The standard InChI is InChI=1S/C30H36N2O7/c1-18-10-11-21(36-4)26-24(18)29-15-17-32(3)19(2)30(29,35)14-12-22(27(29)39-26)37-28(34)25(38-23(33)13-16-31)20-8-6-5-7-9-20/h5-12,19,25,27,35H,13-17,31H2,1-4H3/t19-,25-,27+,29+,30-/m1/s1. The molecular formula is C30H36N2O7. The van der Waals surface area contributed by atoms with Crippen LogP contribution in [0.25, 0.3) is 0 Å². The van der Waals surface area contributed by atoms with E-state index in [1.807, 2.05) is 39.1 Å². The minimum Gasteiger partial charge on any atom is -0.493 e. The number of aliphatic hydroxyl groups is 1.